The largest absolute Gasteiger partial charge is 0.573 e. The molecule has 0 bridgehead atoms. The molecule has 0 amide bonds. The van der Waals surface area contributed by atoms with E-state index in [1.54, 1.807) is 6.92 Å². The molecule has 2 rings (SSSR count). The van der Waals surface area contributed by atoms with Gasteiger partial charge >= 0.3 is 12.3 Å². The molecule has 0 saturated heterocycles. The number of hydrogen-bond donors (Lipinski definition) is 1. The Hall–Kier alpha value is -2.07. The highest BCUT2D eigenvalue weighted by Gasteiger charge is 2.32. The van der Waals surface area contributed by atoms with E-state index in [1.165, 1.54) is 0 Å². The summed E-state index contributed by atoms with van der Waals surface area (Å²) >= 11 is 0. The minimum Gasteiger partial charge on any atom is -0.465 e. The van der Waals surface area contributed by atoms with Gasteiger partial charge in [-0.15, -0.1) is 13.2 Å². The zero-order valence-electron chi connectivity index (χ0n) is 15.2. The fraction of sp³-hybridized carbons (Fsp3) is 0.500. The van der Waals surface area contributed by atoms with Crippen LogP contribution in [0.4, 0.5) is 13.2 Å². The van der Waals surface area contributed by atoms with E-state index in [0.29, 0.717) is 0 Å². The molecule has 0 fully saturated rings. The number of halogens is 3. The third-order valence-electron chi connectivity index (χ3n) is 4.18. The van der Waals surface area contributed by atoms with E-state index in [2.05, 4.69) is 9.46 Å². The van der Waals surface area contributed by atoms with Crippen molar-refractivity contribution in [2.45, 2.75) is 49.9 Å². The Balaban J connectivity index is 2.14. The van der Waals surface area contributed by atoms with Crippen molar-refractivity contribution in [3.63, 3.8) is 0 Å². The third-order valence-corrected chi connectivity index (χ3v) is 5.67. The lowest BCUT2D eigenvalue weighted by Crippen LogP contribution is -2.43. The zero-order valence-corrected chi connectivity index (χ0v) is 16.1. The van der Waals surface area contributed by atoms with Gasteiger partial charge in [0.2, 0.25) is 10.0 Å². The van der Waals surface area contributed by atoms with Crippen LogP contribution in [0.25, 0.3) is 0 Å². The smallest absolute Gasteiger partial charge is 0.465 e. The SMILES string of the molecule is CCOC(=O)C(CC1CC=CCC1)NS(=O)(=O)c1ccc(OC(F)(F)F)cc1. The van der Waals surface area contributed by atoms with Crippen LogP contribution in [-0.2, 0) is 19.6 Å². The van der Waals surface area contributed by atoms with Gasteiger partial charge in [0.25, 0.3) is 0 Å². The minimum absolute atomic E-state index is 0.102. The van der Waals surface area contributed by atoms with Gasteiger partial charge in [-0.3, -0.25) is 4.79 Å². The molecule has 1 aliphatic rings. The van der Waals surface area contributed by atoms with Crippen molar-refractivity contribution in [2.24, 2.45) is 5.92 Å². The van der Waals surface area contributed by atoms with Gasteiger partial charge in [0, 0.05) is 0 Å². The molecule has 6 nitrogen and oxygen atoms in total. The van der Waals surface area contributed by atoms with Gasteiger partial charge in [-0.2, -0.15) is 4.72 Å². The number of benzene rings is 1. The second-order valence-corrected chi connectivity index (χ2v) is 8.05. The van der Waals surface area contributed by atoms with Gasteiger partial charge in [0.05, 0.1) is 11.5 Å². The standard InChI is InChI=1S/C18H22F3NO5S/c1-2-26-17(23)16(12-13-6-4-3-5-7-13)22-28(24,25)15-10-8-14(9-11-15)27-18(19,20)21/h3-4,8-11,13,16,22H,2,5-7,12H2,1H3. The van der Waals surface area contributed by atoms with Crippen LogP contribution in [0.3, 0.4) is 0 Å². The Bertz CT molecular complexity index is 790. The van der Waals surface area contributed by atoms with Gasteiger partial charge in [-0.05, 0) is 62.8 Å². The van der Waals surface area contributed by atoms with Crippen LogP contribution >= 0.6 is 0 Å². The summed E-state index contributed by atoms with van der Waals surface area (Å²) in [4.78, 5) is 11.9. The molecular weight excluding hydrogens is 399 g/mol. The Kier molecular flexibility index (Phi) is 7.48. The van der Waals surface area contributed by atoms with Crippen molar-refractivity contribution in [1.82, 2.24) is 4.72 Å². The number of allylic oxidation sites excluding steroid dienone is 2. The molecule has 2 unspecified atom stereocenters. The maximum atomic E-state index is 12.6. The van der Waals surface area contributed by atoms with E-state index in [9.17, 15) is 26.4 Å². The van der Waals surface area contributed by atoms with E-state index >= 15 is 0 Å². The van der Waals surface area contributed by atoms with Crippen LogP contribution in [0.2, 0.25) is 0 Å². The first kappa shape index (κ1) is 22.2. The van der Waals surface area contributed by atoms with E-state index in [0.717, 1.165) is 43.5 Å². The second kappa shape index (κ2) is 9.42. The van der Waals surface area contributed by atoms with Crippen molar-refractivity contribution in [3.05, 3.63) is 36.4 Å². The Labute approximate surface area is 161 Å². The predicted molar refractivity (Wildman–Crippen MR) is 95.0 cm³/mol. The molecular formula is C18H22F3NO5S. The van der Waals surface area contributed by atoms with E-state index in [4.69, 9.17) is 4.74 Å². The average molecular weight is 421 g/mol. The van der Waals surface area contributed by atoms with Gasteiger partial charge in [0.15, 0.2) is 0 Å². The molecule has 1 aliphatic carbocycles. The first-order valence-electron chi connectivity index (χ1n) is 8.80. The summed E-state index contributed by atoms with van der Waals surface area (Å²) in [5, 5.41) is 0. The number of carbonyl (C=O) groups is 1. The molecule has 0 heterocycles. The number of alkyl halides is 3. The van der Waals surface area contributed by atoms with Crippen LogP contribution in [0, 0.1) is 5.92 Å². The number of hydrogen-bond acceptors (Lipinski definition) is 5. The van der Waals surface area contributed by atoms with Gasteiger partial charge < -0.3 is 9.47 Å². The molecule has 0 spiro atoms. The van der Waals surface area contributed by atoms with Crippen LogP contribution in [-0.4, -0.2) is 33.4 Å². The summed E-state index contributed by atoms with van der Waals surface area (Å²) in [6.07, 6.45) is 1.85. The molecule has 0 aliphatic heterocycles. The van der Waals surface area contributed by atoms with Crippen molar-refractivity contribution >= 4 is 16.0 Å². The summed E-state index contributed by atoms with van der Waals surface area (Å²) in [6, 6.07) is 2.68. The van der Waals surface area contributed by atoms with Gasteiger partial charge in [-0.25, -0.2) is 8.42 Å². The number of sulfonamides is 1. The molecule has 28 heavy (non-hydrogen) atoms. The lowest BCUT2D eigenvalue weighted by molar-refractivity contribution is -0.274. The second-order valence-electron chi connectivity index (χ2n) is 6.33. The van der Waals surface area contributed by atoms with Crippen LogP contribution in [0.5, 0.6) is 5.75 Å². The highest BCUT2D eigenvalue weighted by molar-refractivity contribution is 7.89. The summed E-state index contributed by atoms with van der Waals surface area (Å²) in [5.74, 6) is -1.09. The van der Waals surface area contributed by atoms with Gasteiger partial charge in [-0.1, -0.05) is 12.2 Å². The molecule has 1 aromatic rings. The zero-order chi connectivity index (χ0) is 20.8. The van der Waals surface area contributed by atoms with Crippen molar-refractivity contribution in [3.8, 4) is 5.75 Å². The fourth-order valence-electron chi connectivity index (χ4n) is 2.91. The maximum absolute atomic E-state index is 12.6. The van der Waals surface area contributed by atoms with E-state index < -0.39 is 34.1 Å². The van der Waals surface area contributed by atoms with Crippen LogP contribution in [0.15, 0.2) is 41.3 Å². The first-order chi connectivity index (χ1) is 13.1. The Morgan fingerprint density at radius 1 is 1.25 bits per heavy atom. The summed E-state index contributed by atoms with van der Waals surface area (Å²) in [7, 11) is -4.14. The maximum Gasteiger partial charge on any atom is 0.573 e. The first-order valence-corrected chi connectivity index (χ1v) is 10.3. The number of nitrogens with one attached hydrogen (secondary N) is 1. The molecule has 1 N–H and O–H groups in total. The summed E-state index contributed by atoms with van der Waals surface area (Å²) < 4.78 is 72.9. The predicted octanol–water partition coefficient (Wildman–Crippen LogP) is 3.54. The molecule has 10 heteroatoms. The quantitative estimate of drug-likeness (QED) is 0.513. The summed E-state index contributed by atoms with van der Waals surface area (Å²) in [6.45, 7) is 1.72. The Morgan fingerprint density at radius 2 is 1.93 bits per heavy atom. The normalized spacial score (nSPS) is 18.5. The number of ether oxygens (including phenoxy) is 2. The Morgan fingerprint density at radius 3 is 2.46 bits per heavy atom. The highest BCUT2D eigenvalue weighted by Crippen LogP contribution is 2.26. The van der Waals surface area contributed by atoms with Crippen LogP contribution < -0.4 is 9.46 Å². The number of carbonyl (C=O) groups excluding carboxylic acids is 1. The number of esters is 1. The van der Waals surface area contributed by atoms with Crippen molar-refractivity contribution in [2.75, 3.05) is 6.61 Å². The van der Waals surface area contributed by atoms with Crippen LogP contribution in [0.1, 0.15) is 32.6 Å². The van der Waals surface area contributed by atoms with Crippen molar-refractivity contribution in [1.29, 1.82) is 0 Å². The van der Waals surface area contributed by atoms with Crippen molar-refractivity contribution < 1.29 is 35.9 Å². The molecule has 0 saturated carbocycles. The molecule has 0 radical (unpaired) electrons. The molecule has 0 aromatic heterocycles. The highest BCUT2D eigenvalue weighted by atomic mass is 32.2. The number of rotatable bonds is 8. The molecule has 1 aromatic carbocycles. The molecule has 2 atom stereocenters. The molecule has 156 valence electrons. The van der Waals surface area contributed by atoms with E-state index in [1.807, 2.05) is 12.2 Å². The average Bonchev–Trinajstić information content (AvgIpc) is 2.61. The minimum atomic E-state index is -4.87. The third kappa shape index (κ3) is 6.83. The summed E-state index contributed by atoms with van der Waals surface area (Å²) in [5.41, 5.74) is 0. The lowest BCUT2D eigenvalue weighted by Gasteiger charge is -2.24. The van der Waals surface area contributed by atoms with Gasteiger partial charge in [0.1, 0.15) is 11.8 Å². The lowest BCUT2D eigenvalue weighted by atomic mass is 9.89. The topological polar surface area (TPSA) is 81.7 Å². The monoisotopic (exact) mass is 421 g/mol. The fourth-order valence-corrected chi connectivity index (χ4v) is 4.11. The van der Waals surface area contributed by atoms with E-state index in [-0.39, 0.29) is 23.8 Å².